The van der Waals surface area contributed by atoms with Crippen molar-refractivity contribution in [3.63, 3.8) is 0 Å². The Morgan fingerprint density at radius 3 is 2.38 bits per heavy atom. The van der Waals surface area contributed by atoms with Gasteiger partial charge in [-0.3, -0.25) is 9.59 Å². The van der Waals surface area contributed by atoms with Crippen LogP contribution < -0.4 is 15.4 Å². The molecule has 0 saturated heterocycles. The predicted molar refractivity (Wildman–Crippen MR) is 119 cm³/mol. The summed E-state index contributed by atoms with van der Waals surface area (Å²) in [7, 11) is -3.45. The van der Waals surface area contributed by atoms with Gasteiger partial charge in [0.2, 0.25) is 0 Å². The first-order valence-corrected chi connectivity index (χ1v) is 11.5. The van der Waals surface area contributed by atoms with Gasteiger partial charge in [0, 0.05) is 17.5 Å². The lowest BCUT2D eigenvalue weighted by Crippen LogP contribution is -2.20. The fourth-order valence-electron chi connectivity index (χ4n) is 2.63. The van der Waals surface area contributed by atoms with E-state index in [1.807, 2.05) is 0 Å². The summed E-state index contributed by atoms with van der Waals surface area (Å²) >= 11 is 6.21. The number of anilines is 2. The molecule has 0 heterocycles. The van der Waals surface area contributed by atoms with Crippen LogP contribution in [0.5, 0.6) is 5.75 Å². The van der Waals surface area contributed by atoms with Gasteiger partial charge < -0.3 is 15.4 Å². The van der Waals surface area contributed by atoms with Crippen LogP contribution in [0.25, 0.3) is 0 Å². The molecule has 0 aromatic heterocycles. The largest absolute Gasteiger partial charge is 0.484 e. The van der Waals surface area contributed by atoms with E-state index in [9.17, 15) is 22.4 Å². The summed E-state index contributed by atoms with van der Waals surface area (Å²) in [6, 6.07) is 15.3. The summed E-state index contributed by atoms with van der Waals surface area (Å²) in [5, 5.41) is 5.36. The zero-order chi connectivity index (χ0) is 23.3. The van der Waals surface area contributed by atoms with Crippen molar-refractivity contribution in [2.24, 2.45) is 0 Å². The second kappa shape index (κ2) is 9.80. The Morgan fingerprint density at radius 2 is 1.72 bits per heavy atom. The summed E-state index contributed by atoms with van der Waals surface area (Å²) in [5.74, 6) is -1.06. The molecule has 3 aromatic carbocycles. The first kappa shape index (κ1) is 23.2. The van der Waals surface area contributed by atoms with Gasteiger partial charge in [0.25, 0.3) is 11.8 Å². The molecule has 0 radical (unpaired) electrons. The van der Waals surface area contributed by atoms with E-state index in [4.69, 9.17) is 16.3 Å². The average molecular weight is 477 g/mol. The number of carbonyl (C=O) groups excluding carboxylic acids is 2. The van der Waals surface area contributed by atoms with Crippen LogP contribution in [0.2, 0.25) is 5.02 Å². The highest BCUT2D eigenvalue weighted by Crippen LogP contribution is 2.26. The third kappa shape index (κ3) is 6.29. The quantitative estimate of drug-likeness (QED) is 0.533. The highest BCUT2D eigenvalue weighted by Gasteiger charge is 2.14. The number of hydrogen-bond donors (Lipinski definition) is 2. The number of sulfone groups is 1. The maximum atomic E-state index is 12.9. The molecule has 2 N–H and O–H groups in total. The van der Waals surface area contributed by atoms with Gasteiger partial charge in [-0.25, -0.2) is 12.8 Å². The Morgan fingerprint density at radius 1 is 1.00 bits per heavy atom. The van der Waals surface area contributed by atoms with Crippen molar-refractivity contribution in [2.45, 2.75) is 4.90 Å². The highest BCUT2D eigenvalue weighted by atomic mass is 35.5. The molecule has 0 fully saturated rings. The summed E-state index contributed by atoms with van der Waals surface area (Å²) in [5.41, 5.74) is 0.807. The number of ether oxygens (including phenoxy) is 1. The number of hydrogen-bond acceptors (Lipinski definition) is 5. The summed E-state index contributed by atoms with van der Waals surface area (Å²) < 4.78 is 41.5. The molecule has 7 nitrogen and oxygen atoms in total. The molecule has 166 valence electrons. The topological polar surface area (TPSA) is 102 Å². The summed E-state index contributed by atoms with van der Waals surface area (Å²) in [4.78, 5) is 24.6. The lowest BCUT2D eigenvalue weighted by Gasteiger charge is -2.11. The van der Waals surface area contributed by atoms with Gasteiger partial charge >= 0.3 is 0 Å². The number of carbonyl (C=O) groups is 2. The molecule has 0 aliphatic carbocycles. The van der Waals surface area contributed by atoms with Crippen molar-refractivity contribution in [3.8, 4) is 5.75 Å². The molecule has 3 rings (SSSR count). The average Bonchev–Trinajstić information content (AvgIpc) is 2.74. The molecule has 2 amide bonds. The normalized spacial score (nSPS) is 11.0. The van der Waals surface area contributed by atoms with Gasteiger partial charge in [-0.15, -0.1) is 0 Å². The third-order valence-electron chi connectivity index (χ3n) is 4.21. The van der Waals surface area contributed by atoms with E-state index in [-0.39, 0.29) is 27.8 Å². The van der Waals surface area contributed by atoms with Crippen molar-refractivity contribution < 1.29 is 27.1 Å². The standard InChI is InChI=1S/C22H18ClFN2O5S/c1-32(29,30)18-4-2-3-14(11-18)22(28)26-20-10-7-16(12-19(20)23)25-21(27)13-31-17-8-5-15(24)6-9-17/h2-12H,13H2,1H3,(H,25,27)(H,26,28). The molecule has 0 unspecified atom stereocenters. The molecule has 32 heavy (non-hydrogen) atoms. The van der Waals surface area contributed by atoms with Crippen molar-refractivity contribution in [3.05, 3.63) is 83.1 Å². The Hall–Kier alpha value is -3.43. The zero-order valence-electron chi connectivity index (χ0n) is 16.8. The number of nitrogens with one attached hydrogen (secondary N) is 2. The number of halogens is 2. The third-order valence-corrected chi connectivity index (χ3v) is 5.63. The van der Waals surface area contributed by atoms with E-state index < -0.39 is 27.5 Å². The van der Waals surface area contributed by atoms with Crippen LogP contribution >= 0.6 is 11.6 Å². The minimum atomic E-state index is -3.45. The van der Waals surface area contributed by atoms with Crippen LogP contribution in [0.15, 0.2) is 71.6 Å². The van der Waals surface area contributed by atoms with Gasteiger partial charge in [-0.2, -0.15) is 0 Å². The molecule has 0 atom stereocenters. The Bertz CT molecular complexity index is 1260. The second-order valence-electron chi connectivity index (χ2n) is 6.74. The maximum Gasteiger partial charge on any atom is 0.262 e. The van der Waals surface area contributed by atoms with E-state index in [0.29, 0.717) is 11.4 Å². The Kier molecular flexibility index (Phi) is 7.12. The lowest BCUT2D eigenvalue weighted by atomic mass is 10.2. The highest BCUT2D eigenvalue weighted by molar-refractivity contribution is 7.90. The van der Waals surface area contributed by atoms with E-state index in [1.54, 1.807) is 0 Å². The maximum absolute atomic E-state index is 12.9. The molecule has 10 heteroatoms. The van der Waals surface area contributed by atoms with Gasteiger partial charge in [-0.1, -0.05) is 17.7 Å². The minimum absolute atomic E-state index is 0.0252. The number of rotatable bonds is 7. The van der Waals surface area contributed by atoms with Crippen LogP contribution in [0.1, 0.15) is 10.4 Å². The molecule has 0 spiro atoms. The van der Waals surface area contributed by atoms with E-state index >= 15 is 0 Å². The van der Waals surface area contributed by atoms with Crippen LogP contribution in [0.3, 0.4) is 0 Å². The molecular weight excluding hydrogens is 459 g/mol. The SMILES string of the molecule is CS(=O)(=O)c1cccc(C(=O)Nc2ccc(NC(=O)COc3ccc(F)cc3)cc2Cl)c1. The van der Waals surface area contributed by atoms with Gasteiger partial charge in [0.05, 0.1) is 15.6 Å². The van der Waals surface area contributed by atoms with Gasteiger partial charge in [-0.05, 0) is 60.7 Å². The second-order valence-corrected chi connectivity index (χ2v) is 9.16. The predicted octanol–water partition coefficient (Wildman–Crippen LogP) is 4.15. The molecule has 0 bridgehead atoms. The van der Waals surface area contributed by atoms with Crippen LogP contribution in [-0.4, -0.2) is 33.1 Å². The van der Waals surface area contributed by atoms with Crippen LogP contribution in [0, 0.1) is 5.82 Å². The fourth-order valence-corrected chi connectivity index (χ4v) is 3.53. The first-order valence-electron chi connectivity index (χ1n) is 9.21. The molecule has 0 aliphatic rings. The number of amides is 2. The Balaban J connectivity index is 1.61. The van der Waals surface area contributed by atoms with Crippen molar-refractivity contribution in [1.82, 2.24) is 0 Å². The van der Waals surface area contributed by atoms with Gasteiger partial charge in [0.1, 0.15) is 11.6 Å². The van der Waals surface area contributed by atoms with Crippen LogP contribution in [0.4, 0.5) is 15.8 Å². The molecular formula is C22H18ClFN2O5S. The summed E-state index contributed by atoms with van der Waals surface area (Å²) in [6.07, 6.45) is 1.05. The minimum Gasteiger partial charge on any atom is -0.484 e. The molecule has 3 aromatic rings. The van der Waals surface area contributed by atoms with Crippen LogP contribution in [-0.2, 0) is 14.6 Å². The van der Waals surface area contributed by atoms with E-state index in [1.165, 1.54) is 66.7 Å². The zero-order valence-corrected chi connectivity index (χ0v) is 18.3. The van der Waals surface area contributed by atoms with E-state index in [0.717, 1.165) is 6.26 Å². The molecule has 0 saturated carbocycles. The van der Waals surface area contributed by atoms with Gasteiger partial charge in [0.15, 0.2) is 16.4 Å². The fraction of sp³-hybridized carbons (Fsp3) is 0.0909. The smallest absolute Gasteiger partial charge is 0.262 e. The Labute approximate surface area is 189 Å². The first-order chi connectivity index (χ1) is 15.1. The lowest BCUT2D eigenvalue weighted by molar-refractivity contribution is -0.118. The number of benzene rings is 3. The van der Waals surface area contributed by atoms with Crippen molar-refractivity contribution in [2.75, 3.05) is 23.5 Å². The van der Waals surface area contributed by atoms with Crippen molar-refractivity contribution in [1.29, 1.82) is 0 Å². The summed E-state index contributed by atoms with van der Waals surface area (Å²) in [6.45, 7) is -0.293. The molecule has 0 aliphatic heterocycles. The van der Waals surface area contributed by atoms with Crippen molar-refractivity contribution >= 4 is 44.6 Å². The van der Waals surface area contributed by atoms with E-state index in [2.05, 4.69) is 10.6 Å². The monoisotopic (exact) mass is 476 g/mol.